The lowest BCUT2D eigenvalue weighted by Crippen LogP contribution is -2.25. The van der Waals surface area contributed by atoms with E-state index in [1.807, 2.05) is 26.0 Å². The van der Waals surface area contributed by atoms with E-state index in [0.717, 1.165) is 5.56 Å². The summed E-state index contributed by atoms with van der Waals surface area (Å²) in [6.07, 6.45) is 0.319. The second kappa shape index (κ2) is 8.61. The fourth-order valence-corrected chi connectivity index (χ4v) is 4.88. The van der Waals surface area contributed by atoms with Gasteiger partial charge in [-0.1, -0.05) is 54.7 Å². The molecule has 0 bridgehead atoms. The standard InChI is InChI=1S/C23H18Cl3N5O3/c1-10(2)20-19-22(31(30-20)21-13(25)7-12(24)8-14(21)26)28-17(29-23(19)33)6-11-3-4-15-16(5-11)34-9-18(32)27-15/h3-5,7-8,10H,6,9H2,1-2H3,(H,27,32)(H,28,29,33). The molecule has 0 unspecified atom stereocenters. The predicted octanol–water partition coefficient (Wildman–Crippen LogP) is 5.11. The van der Waals surface area contributed by atoms with Gasteiger partial charge in [-0.15, -0.1) is 0 Å². The molecular weight excluding hydrogens is 501 g/mol. The number of ether oxygens (including phenoxy) is 1. The molecule has 2 aromatic carbocycles. The summed E-state index contributed by atoms with van der Waals surface area (Å²) < 4.78 is 6.99. The molecule has 0 aliphatic carbocycles. The minimum Gasteiger partial charge on any atom is -0.482 e. The Morgan fingerprint density at radius 1 is 1.12 bits per heavy atom. The fourth-order valence-electron chi connectivity index (χ4n) is 3.90. The Balaban J connectivity index is 1.64. The monoisotopic (exact) mass is 517 g/mol. The number of hydrogen-bond acceptors (Lipinski definition) is 5. The summed E-state index contributed by atoms with van der Waals surface area (Å²) in [5, 5.41) is 8.73. The molecule has 0 radical (unpaired) electrons. The summed E-state index contributed by atoms with van der Waals surface area (Å²) in [5.74, 6) is 0.739. The molecule has 0 saturated carbocycles. The largest absolute Gasteiger partial charge is 0.482 e. The van der Waals surface area contributed by atoms with Crippen LogP contribution in [-0.2, 0) is 11.2 Å². The summed E-state index contributed by atoms with van der Waals surface area (Å²) in [6, 6.07) is 8.52. The Bertz CT molecular complexity index is 1500. The highest BCUT2D eigenvalue weighted by Gasteiger charge is 2.23. The lowest BCUT2D eigenvalue weighted by Gasteiger charge is -2.18. The zero-order chi connectivity index (χ0) is 24.1. The van der Waals surface area contributed by atoms with E-state index in [9.17, 15) is 9.59 Å². The van der Waals surface area contributed by atoms with Gasteiger partial charge in [-0.2, -0.15) is 5.10 Å². The lowest BCUT2D eigenvalue weighted by atomic mass is 10.1. The van der Waals surface area contributed by atoms with E-state index in [4.69, 9.17) is 44.5 Å². The van der Waals surface area contributed by atoms with Gasteiger partial charge in [-0.3, -0.25) is 9.59 Å². The number of carbonyl (C=O) groups excluding carboxylic acids is 1. The summed E-state index contributed by atoms with van der Waals surface area (Å²) in [4.78, 5) is 32.2. The third kappa shape index (κ3) is 4.02. The number of aromatic nitrogens is 4. The zero-order valence-corrected chi connectivity index (χ0v) is 20.3. The molecule has 34 heavy (non-hydrogen) atoms. The predicted molar refractivity (Wildman–Crippen MR) is 132 cm³/mol. The summed E-state index contributed by atoms with van der Waals surface area (Å²) in [6.45, 7) is 3.84. The maximum absolute atomic E-state index is 13.1. The van der Waals surface area contributed by atoms with E-state index in [2.05, 4.69) is 15.4 Å². The first kappa shape index (κ1) is 22.7. The van der Waals surface area contributed by atoms with Crippen LogP contribution < -0.4 is 15.6 Å². The van der Waals surface area contributed by atoms with Crippen molar-refractivity contribution in [1.82, 2.24) is 19.7 Å². The molecule has 2 aromatic heterocycles. The summed E-state index contributed by atoms with van der Waals surface area (Å²) in [7, 11) is 0. The van der Waals surface area contributed by atoms with Gasteiger partial charge in [0.1, 0.15) is 22.6 Å². The van der Waals surface area contributed by atoms with Crippen molar-refractivity contribution in [2.45, 2.75) is 26.2 Å². The van der Waals surface area contributed by atoms with Gasteiger partial charge in [0.25, 0.3) is 11.5 Å². The smallest absolute Gasteiger partial charge is 0.262 e. The number of nitrogens with zero attached hydrogens (tertiary/aromatic N) is 3. The second-order valence-corrected chi connectivity index (χ2v) is 9.48. The van der Waals surface area contributed by atoms with Crippen molar-refractivity contribution < 1.29 is 9.53 Å². The quantitative estimate of drug-likeness (QED) is 0.391. The molecular formula is C23H18Cl3N5O3. The van der Waals surface area contributed by atoms with Gasteiger partial charge >= 0.3 is 0 Å². The first-order valence-electron chi connectivity index (χ1n) is 10.4. The van der Waals surface area contributed by atoms with Crippen LogP contribution in [0.1, 0.15) is 36.8 Å². The van der Waals surface area contributed by atoms with Crippen molar-refractivity contribution in [3.05, 3.63) is 72.8 Å². The molecule has 0 spiro atoms. The number of aromatic amines is 1. The topological polar surface area (TPSA) is 102 Å². The van der Waals surface area contributed by atoms with Crippen molar-refractivity contribution >= 4 is 57.4 Å². The van der Waals surface area contributed by atoms with Crippen LogP contribution in [0.5, 0.6) is 5.75 Å². The Hall–Kier alpha value is -3.07. The van der Waals surface area contributed by atoms with Crippen molar-refractivity contribution in [1.29, 1.82) is 0 Å². The van der Waals surface area contributed by atoms with Crippen molar-refractivity contribution in [3.63, 3.8) is 0 Å². The number of carbonyl (C=O) groups is 1. The van der Waals surface area contributed by atoms with Gasteiger partial charge in [0, 0.05) is 11.4 Å². The Morgan fingerprint density at radius 3 is 2.56 bits per heavy atom. The number of amides is 1. The van der Waals surface area contributed by atoms with E-state index in [-0.39, 0.29) is 34.0 Å². The van der Waals surface area contributed by atoms with E-state index >= 15 is 0 Å². The van der Waals surface area contributed by atoms with Crippen LogP contribution in [0.4, 0.5) is 5.69 Å². The van der Waals surface area contributed by atoms with Crippen molar-refractivity contribution in [2.24, 2.45) is 0 Å². The summed E-state index contributed by atoms with van der Waals surface area (Å²) in [5.41, 5.74) is 2.45. The van der Waals surface area contributed by atoms with E-state index < -0.39 is 0 Å². The van der Waals surface area contributed by atoms with E-state index in [1.165, 1.54) is 4.68 Å². The number of fused-ring (bicyclic) bond motifs is 2. The average Bonchev–Trinajstić information content (AvgIpc) is 3.13. The fraction of sp³-hybridized carbons (Fsp3) is 0.217. The Morgan fingerprint density at radius 2 is 1.85 bits per heavy atom. The number of H-pyrrole nitrogens is 1. The van der Waals surface area contributed by atoms with Gasteiger partial charge in [0.15, 0.2) is 12.3 Å². The maximum atomic E-state index is 13.1. The molecule has 8 nitrogen and oxygen atoms in total. The average molecular weight is 519 g/mol. The van der Waals surface area contributed by atoms with Crippen LogP contribution in [0.15, 0.2) is 35.1 Å². The first-order chi connectivity index (χ1) is 16.2. The molecule has 0 atom stereocenters. The van der Waals surface area contributed by atoms with Gasteiger partial charge in [-0.25, -0.2) is 9.67 Å². The van der Waals surface area contributed by atoms with Crippen LogP contribution in [0, 0.1) is 0 Å². The normalized spacial score (nSPS) is 13.2. The molecule has 1 amide bonds. The number of nitrogens with one attached hydrogen (secondary N) is 2. The Kier molecular flexibility index (Phi) is 5.75. The number of rotatable bonds is 4. The Labute approximate surface area is 208 Å². The van der Waals surface area contributed by atoms with Crippen LogP contribution in [0.2, 0.25) is 15.1 Å². The molecule has 11 heteroatoms. The number of halogens is 3. The molecule has 0 saturated heterocycles. The summed E-state index contributed by atoms with van der Waals surface area (Å²) >= 11 is 19.0. The van der Waals surface area contributed by atoms with Crippen LogP contribution >= 0.6 is 34.8 Å². The minimum atomic E-state index is -0.308. The van der Waals surface area contributed by atoms with E-state index in [0.29, 0.717) is 51.1 Å². The highest BCUT2D eigenvalue weighted by molar-refractivity contribution is 6.40. The SMILES string of the molecule is CC(C)c1nn(-c2c(Cl)cc(Cl)cc2Cl)c2nc(Cc3ccc4c(c3)OCC(=O)N4)[nH]c(=O)c12. The van der Waals surface area contributed by atoms with Gasteiger partial charge in [0.05, 0.1) is 21.4 Å². The highest BCUT2D eigenvalue weighted by atomic mass is 35.5. The minimum absolute atomic E-state index is 0.0444. The van der Waals surface area contributed by atoms with Gasteiger partial charge < -0.3 is 15.0 Å². The van der Waals surface area contributed by atoms with E-state index in [1.54, 1.807) is 18.2 Å². The number of benzene rings is 2. The zero-order valence-electron chi connectivity index (χ0n) is 18.1. The number of anilines is 1. The molecule has 1 aliphatic heterocycles. The van der Waals surface area contributed by atoms with Crippen LogP contribution in [-0.4, -0.2) is 32.3 Å². The third-order valence-electron chi connectivity index (χ3n) is 5.40. The molecule has 1 aliphatic rings. The first-order valence-corrected chi connectivity index (χ1v) is 11.6. The van der Waals surface area contributed by atoms with Crippen molar-refractivity contribution in [2.75, 3.05) is 11.9 Å². The molecule has 174 valence electrons. The molecule has 0 fully saturated rings. The second-order valence-electron chi connectivity index (χ2n) is 8.23. The highest BCUT2D eigenvalue weighted by Crippen LogP contribution is 2.35. The molecule has 2 N–H and O–H groups in total. The molecule has 3 heterocycles. The molecule has 5 rings (SSSR count). The third-order valence-corrected chi connectivity index (χ3v) is 6.20. The van der Waals surface area contributed by atoms with Crippen molar-refractivity contribution in [3.8, 4) is 11.4 Å². The molecule has 4 aromatic rings. The van der Waals surface area contributed by atoms with Gasteiger partial charge in [0.2, 0.25) is 0 Å². The van der Waals surface area contributed by atoms with Gasteiger partial charge in [-0.05, 0) is 35.7 Å². The lowest BCUT2D eigenvalue weighted by molar-refractivity contribution is -0.118. The number of hydrogen-bond donors (Lipinski definition) is 2. The maximum Gasteiger partial charge on any atom is 0.262 e. The van der Waals surface area contributed by atoms with Crippen LogP contribution in [0.3, 0.4) is 0 Å². The van der Waals surface area contributed by atoms with Crippen LogP contribution in [0.25, 0.3) is 16.7 Å².